The number of rotatable bonds is 2. The number of carbonyl (C=O) groups is 1. The Morgan fingerprint density at radius 2 is 2.18 bits per heavy atom. The summed E-state index contributed by atoms with van der Waals surface area (Å²) in [7, 11) is 0. The van der Waals surface area contributed by atoms with Crippen LogP contribution in [0.3, 0.4) is 0 Å². The molecule has 17 heavy (non-hydrogen) atoms. The maximum atomic E-state index is 11.9. The van der Waals surface area contributed by atoms with E-state index in [0.717, 1.165) is 0 Å². The van der Waals surface area contributed by atoms with Gasteiger partial charge in [0.15, 0.2) is 0 Å². The second-order valence-electron chi connectivity index (χ2n) is 3.33. The number of fused-ring (bicyclic) bond motifs is 1. The van der Waals surface area contributed by atoms with Gasteiger partial charge in [0.1, 0.15) is 5.52 Å². The number of carbonyl (C=O) groups excluding carboxylic acids is 1. The van der Waals surface area contributed by atoms with Crippen LogP contribution in [0.5, 0.6) is 0 Å². The highest BCUT2D eigenvalue weighted by atomic mass is 16.5. The van der Waals surface area contributed by atoms with E-state index in [1.54, 1.807) is 25.1 Å². The van der Waals surface area contributed by atoms with E-state index in [9.17, 15) is 14.8 Å². The molecular formula is C11H10N2O4. The van der Waals surface area contributed by atoms with Gasteiger partial charge < -0.3 is 14.9 Å². The van der Waals surface area contributed by atoms with Crippen molar-refractivity contribution < 1.29 is 14.3 Å². The first kappa shape index (κ1) is 11.1. The quantitative estimate of drug-likeness (QED) is 0.461. The third kappa shape index (κ3) is 1.84. The van der Waals surface area contributed by atoms with Crippen LogP contribution in [0.1, 0.15) is 17.4 Å². The van der Waals surface area contributed by atoms with Crippen molar-refractivity contribution in [1.82, 2.24) is 4.98 Å². The molecule has 0 unspecified atom stereocenters. The topological polar surface area (TPSA) is 86.1 Å². The van der Waals surface area contributed by atoms with Crippen molar-refractivity contribution in [2.75, 3.05) is 6.61 Å². The van der Waals surface area contributed by atoms with Crippen LogP contribution in [0.15, 0.2) is 29.1 Å². The van der Waals surface area contributed by atoms with Crippen molar-refractivity contribution in [3.05, 3.63) is 45.5 Å². The Morgan fingerprint density at radius 1 is 1.47 bits per heavy atom. The van der Waals surface area contributed by atoms with Crippen molar-refractivity contribution in [1.29, 1.82) is 0 Å². The number of ether oxygens (including phenoxy) is 1. The van der Waals surface area contributed by atoms with Crippen molar-refractivity contribution in [2.45, 2.75) is 6.92 Å². The minimum Gasteiger partial charge on any atom is -0.617 e. The number of nitrogens with one attached hydrogen (secondary N) is 1. The highest BCUT2D eigenvalue weighted by molar-refractivity contribution is 5.86. The van der Waals surface area contributed by atoms with Gasteiger partial charge >= 0.3 is 17.2 Å². The van der Waals surface area contributed by atoms with Crippen molar-refractivity contribution in [3.8, 4) is 0 Å². The molecule has 6 heteroatoms. The van der Waals surface area contributed by atoms with E-state index in [1.807, 2.05) is 0 Å². The molecule has 0 saturated heterocycles. The number of benzene rings is 1. The fourth-order valence-electron chi connectivity index (χ4n) is 1.53. The summed E-state index contributed by atoms with van der Waals surface area (Å²) in [6.07, 6.45) is 0. The number of aromatic amines is 1. The maximum Gasteiger partial charge on any atom is 0.411 e. The molecule has 2 aromatic rings. The summed E-state index contributed by atoms with van der Waals surface area (Å²) < 4.78 is 4.96. The van der Waals surface area contributed by atoms with Gasteiger partial charge in [0.05, 0.1) is 6.61 Å². The highest BCUT2D eigenvalue weighted by Gasteiger charge is 2.25. The molecular weight excluding hydrogens is 224 g/mol. The number of aromatic nitrogens is 2. The summed E-state index contributed by atoms with van der Waals surface area (Å²) in [5.74, 6) is -0.922. The molecule has 2 rings (SSSR count). The molecule has 88 valence electrons. The van der Waals surface area contributed by atoms with Crippen LogP contribution in [0.2, 0.25) is 0 Å². The molecule has 0 fully saturated rings. The van der Waals surface area contributed by atoms with Gasteiger partial charge in [-0.15, -0.1) is 0 Å². The summed E-state index contributed by atoms with van der Waals surface area (Å²) >= 11 is 0. The SMILES string of the molecule is CCOC(=O)c1c(=O)[nH]c2ccccc2[n+]1[O-]. The molecule has 6 nitrogen and oxygen atoms in total. The van der Waals surface area contributed by atoms with Crippen LogP contribution < -0.4 is 10.3 Å². The third-order valence-electron chi connectivity index (χ3n) is 2.26. The second-order valence-corrected chi connectivity index (χ2v) is 3.33. The number of nitrogens with zero attached hydrogens (tertiary/aromatic N) is 1. The zero-order valence-corrected chi connectivity index (χ0v) is 9.10. The maximum absolute atomic E-state index is 11.9. The number of esters is 1. The molecule has 0 aliphatic carbocycles. The molecule has 1 N–H and O–H groups in total. The number of H-pyrrole nitrogens is 1. The largest absolute Gasteiger partial charge is 0.617 e. The minimum atomic E-state index is -0.922. The second kappa shape index (κ2) is 4.25. The van der Waals surface area contributed by atoms with Gasteiger partial charge in [-0.05, 0) is 13.0 Å². The van der Waals surface area contributed by atoms with Gasteiger partial charge in [-0.2, -0.15) is 4.73 Å². The number of para-hydroxylation sites is 2. The molecule has 0 bridgehead atoms. The number of hydrogen-bond acceptors (Lipinski definition) is 4. The van der Waals surface area contributed by atoms with Crippen LogP contribution >= 0.6 is 0 Å². The van der Waals surface area contributed by atoms with Gasteiger partial charge in [-0.3, -0.25) is 4.79 Å². The lowest BCUT2D eigenvalue weighted by Gasteiger charge is -2.05. The van der Waals surface area contributed by atoms with E-state index in [4.69, 9.17) is 0 Å². The van der Waals surface area contributed by atoms with E-state index in [0.29, 0.717) is 10.2 Å². The van der Waals surface area contributed by atoms with Crippen LogP contribution in [0.4, 0.5) is 0 Å². The van der Waals surface area contributed by atoms with Crippen LogP contribution in [-0.4, -0.2) is 17.6 Å². The van der Waals surface area contributed by atoms with Gasteiger partial charge in [0, 0.05) is 6.07 Å². The Labute approximate surface area is 96.0 Å². The molecule has 0 amide bonds. The minimum absolute atomic E-state index is 0.102. The van der Waals surface area contributed by atoms with Gasteiger partial charge in [-0.25, -0.2) is 4.79 Å². The highest BCUT2D eigenvalue weighted by Crippen LogP contribution is 2.04. The Balaban J connectivity index is 2.72. The van der Waals surface area contributed by atoms with Crippen molar-refractivity contribution in [3.63, 3.8) is 0 Å². The molecule has 0 spiro atoms. The lowest BCUT2D eigenvalue weighted by molar-refractivity contribution is -0.581. The van der Waals surface area contributed by atoms with Gasteiger partial charge in [0.2, 0.25) is 5.52 Å². The smallest absolute Gasteiger partial charge is 0.411 e. The predicted octanol–water partition coefficient (Wildman–Crippen LogP) is 0.338. The lowest BCUT2D eigenvalue weighted by Crippen LogP contribution is -2.43. The Bertz CT molecular complexity index is 633. The molecule has 1 aromatic carbocycles. The van der Waals surface area contributed by atoms with Crippen molar-refractivity contribution >= 4 is 17.0 Å². The zero-order chi connectivity index (χ0) is 12.4. The van der Waals surface area contributed by atoms with Crippen LogP contribution in [-0.2, 0) is 4.74 Å². The standard InChI is InChI=1S/C11H10N2O4/c1-2-17-11(15)9-10(14)12-7-5-3-4-6-8(7)13(9)16/h3-6H,2H2,1H3,(H,12,14). The lowest BCUT2D eigenvalue weighted by atomic mass is 10.3. The van der Waals surface area contributed by atoms with E-state index < -0.39 is 17.2 Å². The zero-order valence-electron chi connectivity index (χ0n) is 9.10. The monoisotopic (exact) mass is 234 g/mol. The molecule has 0 saturated carbocycles. The van der Waals surface area contributed by atoms with Gasteiger partial charge in [-0.1, -0.05) is 12.1 Å². The Kier molecular flexibility index (Phi) is 2.78. The van der Waals surface area contributed by atoms with Crippen LogP contribution in [0, 0.1) is 5.21 Å². The molecule has 1 heterocycles. The first-order valence-electron chi connectivity index (χ1n) is 5.07. The van der Waals surface area contributed by atoms with E-state index in [2.05, 4.69) is 9.72 Å². The molecule has 0 aliphatic rings. The fraction of sp³-hybridized carbons (Fsp3) is 0.182. The summed E-state index contributed by atoms with van der Waals surface area (Å²) in [6, 6.07) is 6.42. The predicted molar refractivity (Wildman–Crippen MR) is 59.5 cm³/mol. The Hall–Kier alpha value is -2.37. The van der Waals surface area contributed by atoms with E-state index >= 15 is 0 Å². The Morgan fingerprint density at radius 3 is 2.88 bits per heavy atom. The summed E-state index contributed by atoms with van der Waals surface area (Å²) in [4.78, 5) is 25.5. The average Bonchev–Trinajstić information content (AvgIpc) is 2.29. The first-order chi connectivity index (χ1) is 8.15. The van der Waals surface area contributed by atoms with Crippen LogP contribution in [0.25, 0.3) is 11.0 Å². The molecule has 0 radical (unpaired) electrons. The van der Waals surface area contributed by atoms with Crippen molar-refractivity contribution in [2.24, 2.45) is 0 Å². The molecule has 1 aromatic heterocycles. The molecule has 0 aliphatic heterocycles. The summed E-state index contributed by atoms with van der Waals surface area (Å²) in [5, 5.41) is 11.9. The summed E-state index contributed by atoms with van der Waals surface area (Å²) in [6.45, 7) is 1.70. The third-order valence-corrected chi connectivity index (χ3v) is 2.26. The average molecular weight is 234 g/mol. The van der Waals surface area contributed by atoms with Gasteiger partial charge in [0.25, 0.3) is 0 Å². The van der Waals surface area contributed by atoms with E-state index in [-0.39, 0.29) is 12.1 Å². The summed E-state index contributed by atoms with van der Waals surface area (Å²) in [5.41, 5.74) is -0.710. The normalized spacial score (nSPS) is 10.4. The van der Waals surface area contributed by atoms with E-state index in [1.165, 1.54) is 6.07 Å². The first-order valence-corrected chi connectivity index (χ1v) is 5.07. The number of hydrogen-bond donors (Lipinski definition) is 1. The molecule has 0 atom stereocenters. The fourth-order valence-corrected chi connectivity index (χ4v) is 1.53.